The summed E-state index contributed by atoms with van der Waals surface area (Å²) in [6.45, 7) is 4.25. The van der Waals surface area contributed by atoms with Gasteiger partial charge >= 0.3 is 0 Å². The molecule has 0 radical (unpaired) electrons. The van der Waals surface area contributed by atoms with Gasteiger partial charge in [0.1, 0.15) is 17.3 Å². The van der Waals surface area contributed by atoms with Gasteiger partial charge in [0.05, 0.1) is 27.4 Å². The Bertz CT molecular complexity index is 943. The van der Waals surface area contributed by atoms with Crippen LogP contribution in [0.4, 0.5) is 11.5 Å². The van der Waals surface area contributed by atoms with Crippen molar-refractivity contribution in [1.82, 2.24) is 10.2 Å². The Kier molecular flexibility index (Phi) is 6.94. The van der Waals surface area contributed by atoms with E-state index in [1.165, 1.54) is 16.8 Å². The van der Waals surface area contributed by atoms with E-state index in [9.17, 15) is 0 Å². The number of H-pyrrole nitrogens is 1. The zero-order valence-corrected chi connectivity index (χ0v) is 18.2. The Morgan fingerprint density at radius 1 is 0.935 bits per heavy atom. The number of hydrogen-bond acceptors (Lipinski definition) is 6. The van der Waals surface area contributed by atoms with Gasteiger partial charge in [0, 0.05) is 43.1 Å². The van der Waals surface area contributed by atoms with E-state index in [4.69, 9.17) is 14.2 Å². The monoisotopic (exact) mass is 422 g/mol. The molecule has 2 aromatic carbocycles. The molecule has 164 valence electrons. The molecule has 2 N–H and O–H groups in total. The molecular weight excluding hydrogens is 392 g/mol. The number of morpholine rings is 1. The molecule has 1 saturated heterocycles. The van der Waals surface area contributed by atoms with Gasteiger partial charge in [0.25, 0.3) is 0 Å². The lowest BCUT2D eigenvalue weighted by Gasteiger charge is -2.28. The average molecular weight is 423 g/mol. The van der Waals surface area contributed by atoms with Gasteiger partial charge < -0.3 is 24.4 Å². The third-order valence-electron chi connectivity index (χ3n) is 5.51. The maximum atomic E-state index is 5.42. The van der Waals surface area contributed by atoms with Gasteiger partial charge in [-0.15, -0.1) is 0 Å². The maximum Gasteiger partial charge on any atom is 0.148 e. The fourth-order valence-electron chi connectivity index (χ4n) is 3.71. The quantitative estimate of drug-likeness (QED) is 0.548. The molecule has 0 aliphatic carbocycles. The van der Waals surface area contributed by atoms with Gasteiger partial charge in [-0.3, -0.25) is 5.10 Å². The van der Waals surface area contributed by atoms with Gasteiger partial charge in [-0.25, -0.2) is 0 Å². The van der Waals surface area contributed by atoms with E-state index < -0.39 is 0 Å². The first-order valence-corrected chi connectivity index (χ1v) is 10.7. The third kappa shape index (κ3) is 5.70. The van der Waals surface area contributed by atoms with Crippen molar-refractivity contribution in [3.05, 3.63) is 65.4 Å². The molecule has 7 nitrogen and oxygen atoms in total. The minimum Gasteiger partial charge on any atom is -0.497 e. The van der Waals surface area contributed by atoms with E-state index in [2.05, 4.69) is 50.7 Å². The number of aromatic amines is 1. The van der Waals surface area contributed by atoms with Crippen molar-refractivity contribution in [2.24, 2.45) is 0 Å². The lowest BCUT2D eigenvalue weighted by atomic mass is 10.1. The number of benzene rings is 2. The van der Waals surface area contributed by atoms with Crippen LogP contribution in [-0.2, 0) is 24.1 Å². The lowest BCUT2D eigenvalue weighted by Crippen LogP contribution is -2.36. The van der Waals surface area contributed by atoms with Crippen LogP contribution in [0, 0.1) is 0 Å². The largest absolute Gasteiger partial charge is 0.497 e. The summed E-state index contributed by atoms with van der Waals surface area (Å²) in [6, 6.07) is 16.7. The highest BCUT2D eigenvalue weighted by Crippen LogP contribution is 2.23. The minimum atomic E-state index is 0.737. The molecule has 0 saturated carbocycles. The SMILES string of the molecule is COc1cc(CCc2cc(NCc3ccc(N4CCOCC4)cc3)n[nH]2)cc(OC)c1. The molecule has 3 aromatic rings. The highest BCUT2D eigenvalue weighted by Gasteiger charge is 2.11. The molecule has 0 unspecified atom stereocenters. The number of methoxy groups -OCH3 is 2. The number of aromatic nitrogens is 2. The summed E-state index contributed by atoms with van der Waals surface area (Å²) in [5.41, 5.74) is 4.74. The maximum absolute atomic E-state index is 5.42. The molecule has 1 aliphatic rings. The van der Waals surface area contributed by atoms with Crippen LogP contribution in [0.15, 0.2) is 48.5 Å². The van der Waals surface area contributed by atoms with E-state index in [-0.39, 0.29) is 0 Å². The third-order valence-corrected chi connectivity index (χ3v) is 5.51. The van der Waals surface area contributed by atoms with Crippen molar-refractivity contribution in [1.29, 1.82) is 0 Å². The number of aryl methyl sites for hydroxylation is 2. The molecule has 7 heteroatoms. The Morgan fingerprint density at radius 3 is 2.32 bits per heavy atom. The van der Waals surface area contributed by atoms with E-state index >= 15 is 0 Å². The Labute approximate surface area is 183 Å². The van der Waals surface area contributed by atoms with Crippen molar-refractivity contribution in [2.45, 2.75) is 19.4 Å². The van der Waals surface area contributed by atoms with E-state index in [1.54, 1.807) is 14.2 Å². The molecule has 1 aromatic heterocycles. The zero-order chi connectivity index (χ0) is 21.5. The van der Waals surface area contributed by atoms with E-state index in [1.807, 2.05) is 18.2 Å². The molecule has 0 spiro atoms. The Morgan fingerprint density at radius 2 is 1.65 bits per heavy atom. The Balaban J connectivity index is 1.28. The second-order valence-electron chi connectivity index (χ2n) is 7.62. The number of ether oxygens (including phenoxy) is 3. The Hall–Kier alpha value is -3.19. The average Bonchev–Trinajstić information content (AvgIpc) is 3.30. The number of nitrogens with one attached hydrogen (secondary N) is 2. The predicted molar refractivity (Wildman–Crippen MR) is 122 cm³/mol. The smallest absolute Gasteiger partial charge is 0.148 e. The van der Waals surface area contributed by atoms with E-state index in [0.717, 1.165) is 68.7 Å². The second kappa shape index (κ2) is 10.2. The number of rotatable bonds is 9. The van der Waals surface area contributed by atoms with Crippen LogP contribution < -0.4 is 19.7 Å². The fourth-order valence-corrected chi connectivity index (χ4v) is 3.71. The minimum absolute atomic E-state index is 0.737. The van der Waals surface area contributed by atoms with E-state index in [0.29, 0.717) is 0 Å². The van der Waals surface area contributed by atoms with Crippen LogP contribution in [0.1, 0.15) is 16.8 Å². The highest BCUT2D eigenvalue weighted by molar-refractivity contribution is 5.48. The predicted octanol–water partition coefficient (Wildman–Crippen LogP) is 3.66. The van der Waals surface area contributed by atoms with Crippen LogP contribution in [0.3, 0.4) is 0 Å². The lowest BCUT2D eigenvalue weighted by molar-refractivity contribution is 0.122. The van der Waals surface area contributed by atoms with Crippen molar-refractivity contribution < 1.29 is 14.2 Å². The van der Waals surface area contributed by atoms with Crippen molar-refractivity contribution in [3.8, 4) is 11.5 Å². The topological polar surface area (TPSA) is 71.6 Å². The van der Waals surface area contributed by atoms with Crippen LogP contribution >= 0.6 is 0 Å². The summed E-state index contributed by atoms with van der Waals surface area (Å²) < 4.78 is 16.1. The second-order valence-corrected chi connectivity index (χ2v) is 7.62. The van der Waals surface area contributed by atoms with Crippen LogP contribution in [-0.4, -0.2) is 50.7 Å². The van der Waals surface area contributed by atoms with Crippen LogP contribution in [0.25, 0.3) is 0 Å². The van der Waals surface area contributed by atoms with Crippen molar-refractivity contribution >= 4 is 11.5 Å². The standard InChI is InChI=1S/C24H30N4O3/c1-29-22-13-19(14-23(16-22)30-2)3-6-20-15-24(27-26-20)25-17-18-4-7-21(8-5-18)28-9-11-31-12-10-28/h4-5,7-8,13-16H,3,6,9-12,17H2,1-2H3,(H2,25,26,27). The summed E-state index contributed by atoms with van der Waals surface area (Å²) in [7, 11) is 3.34. The number of nitrogens with zero attached hydrogens (tertiary/aromatic N) is 2. The molecule has 0 atom stereocenters. The summed E-state index contributed by atoms with van der Waals surface area (Å²) >= 11 is 0. The molecule has 0 amide bonds. The van der Waals surface area contributed by atoms with Gasteiger partial charge in [-0.2, -0.15) is 5.10 Å². The summed E-state index contributed by atoms with van der Waals surface area (Å²) in [5.74, 6) is 2.47. The summed E-state index contributed by atoms with van der Waals surface area (Å²) in [4.78, 5) is 2.36. The zero-order valence-electron chi connectivity index (χ0n) is 18.2. The molecular formula is C24H30N4O3. The van der Waals surface area contributed by atoms with Crippen LogP contribution in [0.5, 0.6) is 11.5 Å². The highest BCUT2D eigenvalue weighted by atomic mass is 16.5. The van der Waals surface area contributed by atoms with Crippen molar-refractivity contribution in [3.63, 3.8) is 0 Å². The normalized spacial score (nSPS) is 13.8. The molecule has 1 aliphatic heterocycles. The van der Waals surface area contributed by atoms with Gasteiger partial charge in [-0.05, 0) is 48.2 Å². The van der Waals surface area contributed by atoms with Gasteiger partial charge in [0.15, 0.2) is 0 Å². The molecule has 31 heavy (non-hydrogen) atoms. The molecule has 2 heterocycles. The molecule has 0 bridgehead atoms. The van der Waals surface area contributed by atoms with Crippen molar-refractivity contribution in [2.75, 3.05) is 50.7 Å². The summed E-state index contributed by atoms with van der Waals surface area (Å²) in [5, 5.41) is 10.9. The number of hydrogen-bond donors (Lipinski definition) is 2. The molecule has 1 fully saturated rings. The number of anilines is 2. The summed E-state index contributed by atoms with van der Waals surface area (Å²) in [6.07, 6.45) is 1.73. The molecule has 4 rings (SSSR count). The first-order chi connectivity index (χ1) is 15.2. The van der Waals surface area contributed by atoms with Gasteiger partial charge in [0.2, 0.25) is 0 Å². The fraction of sp³-hybridized carbons (Fsp3) is 0.375. The van der Waals surface area contributed by atoms with Crippen LogP contribution in [0.2, 0.25) is 0 Å². The first-order valence-electron chi connectivity index (χ1n) is 10.7. The van der Waals surface area contributed by atoms with Gasteiger partial charge in [-0.1, -0.05) is 12.1 Å². The first kappa shape index (κ1) is 21.1.